The first-order valence-corrected chi connectivity index (χ1v) is 12.6. The quantitative estimate of drug-likeness (QED) is 0.456. The van der Waals surface area contributed by atoms with E-state index >= 15 is 0 Å². The molecule has 0 saturated heterocycles. The van der Waals surface area contributed by atoms with Gasteiger partial charge in [0.1, 0.15) is 18.6 Å². The minimum absolute atomic E-state index is 0.0747. The van der Waals surface area contributed by atoms with Crippen LogP contribution in [0.15, 0.2) is 48.5 Å². The van der Waals surface area contributed by atoms with E-state index in [2.05, 4.69) is 10.6 Å². The van der Waals surface area contributed by atoms with E-state index in [4.69, 9.17) is 9.84 Å². The number of carbonyl (C=O) groups is 3. The first-order valence-electron chi connectivity index (χ1n) is 11.2. The Morgan fingerprint density at radius 3 is 2.23 bits per heavy atom. The fraction of sp³-hybridized carbons (Fsp3) is 0.400. The molecule has 7 nitrogen and oxygen atoms in total. The lowest BCUT2D eigenvalue weighted by atomic mass is 9.98. The van der Waals surface area contributed by atoms with Crippen LogP contribution in [-0.2, 0) is 14.3 Å². The number of halogens is 2. The number of fused-ring (bicyclic) bond motifs is 3. The van der Waals surface area contributed by atoms with Gasteiger partial charge in [0.25, 0.3) is 5.92 Å². The Labute approximate surface area is 205 Å². The summed E-state index contributed by atoms with van der Waals surface area (Å²) >= 11 is 1.46. The summed E-state index contributed by atoms with van der Waals surface area (Å²) < 4.78 is 32.7. The number of hydrogen-bond acceptors (Lipinski definition) is 5. The number of carbonyl (C=O) groups excluding carboxylic acids is 2. The molecule has 2 aliphatic rings. The topological polar surface area (TPSA) is 105 Å². The molecule has 1 unspecified atom stereocenters. The number of thioether (sulfide) groups is 1. The van der Waals surface area contributed by atoms with Crippen molar-refractivity contribution in [3.05, 3.63) is 59.7 Å². The van der Waals surface area contributed by atoms with E-state index < -0.39 is 48.3 Å². The smallest absolute Gasteiger partial charge is 0.407 e. The van der Waals surface area contributed by atoms with Gasteiger partial charge in [0.15, 0.2) is 0 Å². The van der Waals surface area contributed by atoms with E-state index in [1.807, 2.05) is 54.8 Å². The molecule has 35 heavy (non-hydrogen) atoms. The van der Waals surface area contributed by atoms with E-state index in [0.717, 1.165) is 22.3 Å². The van der Waals surface area contributed by atoms with E-state index in [9.17, 15) is 23.2 Å². The van der Waals surface area contributed by atoms with Crippen molar-refractivity contribution >= 4 is 29.7 Å². The van der Waals surface area contributed by atoms with Crippen LogP contribution in [0, 0.1) is 11.8 Å². The Morgan fingerprint density at radius 1 is 1.09 bits per heavy atom. The van der Waals surface area contributed by atoms with Crippen LogP contribution in [0.1, 0.15) is 23.5 Å². The van der Waals surface area contributed by atoms with E-state index in [1.54, 1.807) is 0 Å². The van der Waals surface area contributed by atoms with Crippen molar-refractivity contribution in [1.82, 2.24) is 10.6 Å². The van der Waals surface area contributed by atoms with Crippen LogP contribution in [-0.4, -0.2) is 60.2 Å². The number of carboxylic acid groups (broad SMARTS) is 1. The van der Waals surface area contributed by atoms with Crippen molar-refractivity contribution in [2.75, 3.05) is 25.2 Å². The van der Waals surface area contributed by atoms with Crippen LogP contribution in [0.4, 0.5) is 13.6 Å². The second-order valence-electron chi connectivity index (χ2n) is 8.65. The van der Waals surface area contributed by atoms with Gasteiger partial charge in [0.2, 0.25) is 5.91 Å². The van der Waals surface area contributed by atoms with Crippen molar-refractivity contribution < 1.29 is 33.0 Å². The number of alkyl halides is 2. The first kappa shape index (κ1) is 25.0. The van der Waals surface area contributed by atoms with Crippen LogP contribution < -0.4 is 10.6 Å². The number of amides is 2. The molecule has 2 aliphatic carbocycles. The molecule has 0 heterocycles. The molecular weight excluding hydrogens is 478 g/mol. The number of carboxylic acids is 1. The summed E-state index contributed by atoms with van der Waals surface area (Å²) in [7, 11) is 0. The number of ether oxygens (including phenoxy) is 1. The molecule has 3 N–H and O–H groups in total. The molecular formula is C25H26F2N2O5S. The zero-order valence-electron chi connectivity index (χ0n) is 19.0. The lowest BCUT2D eigenvalue weighted by Crippen LogP contribution is -2.48. The van der Waals surface area contributed by atoms with Crippen LogP contribution in [0.5, 0.6) is 0 Å². The highest BCUT2D eigenvalue weighted by Crippen LogP contribution is 2.54. The highest BCUT2D eigenvalue weighted by molar-refractivity contribution is 7.98. The van der Waals surface area contributed by atoms with Gasteiger partial charge in [-0.1, -0.05) is 48.5 Å². The molecule has 3 atom stereocenters. The third kappa shape index (κ3) is 5.12. The average molecular weight is 505 g/mol. The minimum atomic E-state index is -3.35. The molecule has 186 valence electrons. The molecule has 1 fully saturated rings. The second-order valence-corrected chi connectivity index (χ2v) is 9.63. The number of nitrogens with one attached hydrogen (secondary N) is 2. The molecule has 2 aromatic rings. The van der Waals surface area contributed by atoms with Crippen molar-refractivity contribution in [2.45, 2.75) is 24.3 Å². The van der Waals surface area contributed by atoms with Crippen molar-refractivity contribution in [3.63, 3.8) is 0 Å². The van der Waals surface area contributed by atoms with Gasteiger partial charge < -0.3 is 20.5 Å². The second kappa shape index (κ2) is 10.2. The maximum atomic E-state index is 13.6. The maximum Gasteiger partial charge on any atom is 0.407 e. The number of rotatable bonds is 10. The minimum Gasteiger partial charge on any atom is -0.481 e. The molecule has 0 aromatic heterocycles. The summed E-state index contributed by atoms with van der Waals surface area (Å²) in [6.45, 7) is -0.406. The first-order chi connectivity index (χ1) is 16.8. The molecule has 2 amide bonds. The molecule has 4 rings (SSSR count). The zero-order valence-corrected chi connectivity index (χ0v) is 19.8. The highest BCUT2D eigenvalue weighted by Gasteiger charge is 2.72. The number of alkyl carbamates (subject to hydrolysis) is 1. The van der Waals surface area contributed by atoms with Crippen molar-refractivity contribution in [1.29, 1.82) is 0 Å². The molecule has 2 aromatic carbocycles. The fourth-order valence-electron chi connectivity index (χ4n) is 4.60. The van der Waals surface area contributed by atoms with Crippen LogP contribution in [0.25, 0.3) is 11.1 Å². The van der Waals surface area contributed by atoms with Crippen molar-refractivity contribution in [3.8, 4) is 11.1 Å². The van der Waals surface area contributed by atoms with E-state index in [1.165, 1.54) is 11.8 Å². The van der Waals surface area contributed by atoms with Crippen LogP contribution in [0.3, 0.4) is 0 Å². The third-order valence-electron chi connectivity index (χ3n) is 6.53. The standard InChI is InChI=1S/C25H26F2N2O5S/c1-35-11-10-20(22(30)28-12-19-21(23(31)32)25(19,26)27)29-24(33)34-13-18-16-8-4-2-6-14(16)15-7-3-5-9-17(15)18/h2-9,18-21H,10-13H2,1H3,(H,28,30)(H,29,33)(H,31,32)/t19-,20?,21-/m1/s1. The summed E-state index contributed by atoms with van der Waals surface area (Å²) in [5.41, 5.74) is 4.28. The number of benzene rings is 2. The van der Waals surface area contributed by atoms with Gasteiger partial charge in [-0.05, 0) is 40.7 Å². The van der Waals surface area contributed by atoms with E-state index in [-0.39, 0.29) is 18.9 Å². The molecule has 1 saturated carbocycles. The molecule has 0 radical (unpaired) electrons. The lowest BCUT2D eigenvalue weighted by molar-refractivity contribution is -0.141. The Bertz CT molecular complexity index is 1080. The summed E-state index contributed by atoms with van der Waals surface area (Å²) in [6.07, 6.45) is 1.32. The van der Waals surface area contributed by atoms with Gasteiger partial charge in [0, 0.05) is 12.5 Å². The zero-order chi connectivity index (χ0) is 25.2. The fourth-order valence-corrected chi connectivity index (χ4v) is 5.07. The number of aliphatic carboxylic acids is 1. The third-order valence-corrected chi connectivity index (χ3v) is 7.17. The van der Waals surface area contributed by atoms with Gasteiger partial charge in [-0.2, -0.15) is 11.8 Å². The average Bonchev–Trinajstić information content (AvgIpc) is 3.25. The predicted octanol–water partition coefficient (Wildman–Crippen LogP) is 3.73. The van der Waals surface area contributed by atoms with Gasteiger partial charge in [-0.15, -0.1) is 0 Å². The highest BCUT2D eigenvalue weighted by atomic mass is 32.2. The number of hydrogen-bond donors (Lipinski definition) is 3. The van der Waals surface area contributed by atoms with Gasteiger partial charge in [0.05, 0.1) is 5.92 Å². The Morgan fingerprint density at radius 2 is 1.69 bits per heavy atom. The Kier molecular flexibility index (Phi) is 7.30. The summed E-state index contributed by atoms with van der Waals surface area (Å²) in [5, 5.41) is 13.8. The predicted molar refractivity (Wildman–Crippen MR) is 128 cm³/mol. The molecule has 0 aliphatic heterocycles. The Hall–Kier alpha value is -3.14. The summed E-state index contributed by atoms with van der Waals surface area (Å²) in [4.78, 5) is 36.1. The normalized spacial score (nSPS) is 20.3. The van der Waals surface area contributed by atoms with Gasteiger partial charge in [-0.3, -0.25) is 9.59 Å². The lowest BCUT2D eigenvalue weighted by Gasteiger charge is -2.19. The summed E-state index contributed by atoms with van der Waals surface area (Å²) in [6, 6.07) is 14.8. The Balaban J connectivity index is 1.35. The maximum absolute atomic E-state index is 13.6. The molecule has 0 spiro atoms. The molecule has 0 bridgehead atoms. The monoisotopic (exact) mass is 504 g/mol. The van der Waals surface area contributed by atoms with Crippen LogP contribution >= 0.6 is 11.8 Å². The van der Waals surface area contributed by atoms with Gasteiger partial charge >= 0.3 is 12.1 Å². The molecule has 10 heteroatoms. The SMILES string of the molecule is CSCCC(NC(=O)OCC1c2ccccc2-c2ccccc21)C(=O)NC[C@@H]1[C@H](C(=O)O)C1(F)F. The van der Waals surface area contributed by atoms with Gasteiger partial charge in [-0.25, -0.2) is 13.6 Å². The largest absolute Gasteiger partial charge is 0.481 e. The van der Waals surface area contributed by atoms with E-state index in [0.29, 0.717) is 5.75 Å². The summed E-state index contributed by atoms with van der Waals surface area (Å²) in [5.74, 6) is -8.46. The van der Waals surface area contributed by atoms with Crippen LogP contribution in [0.2, 0.25) is 0 Å². The van der Waals surface area contributed by atoms with Crippen molar-refractivity contribution in [2.24, 2.45) is 11.8 Å².